The Morgan fingerprint density at radius 2 is 1.30 bits per heavy atom. The molecule has 2 atom stereocenters. The third-order valence-corrected chi connectivity index (χ3v) is 10.7. The van der Waals surface area contributed by atoms with Crippen LogP contribution in [0, 0.1) is 24.2 Å². The van der Waals surface area contributed by atoms with E-state index < -0.39 is 23.1 Å². The Balaban J connectivity index is 0.000000173. The van der Waals surface area contributed by atoms with Crippen molar-refractivity contribution in [3.63, 3.8) is 0 Å². The lowest BCUT2D eigenvalue weighted by atomic mass is 10.0. The molecule has 8 rings (SSSR count). The van der Waals surface area contributed by atoms with Gasteiger partial charge in [-0.1, -0.05) is 45.8 Å². The van der Waals surface area contributed by atoms with Crippen molar-refractivity contribution in [3.05, 3.63) is 81.1 Å². The average molecular weight is 900 g/mol. The molecule has 2 N–H and O–H groups in total. The maximum Gasteiger partial charge on any atom is 0.359 e. The third kappa shape index (κ3) is 9.60. The number of halogens is 1. The number of amides is 2. The molecule has 0 spiro atoms. The molecule has 0 unspecified atom stereocenters. The predicted octanol–water partition coefficient (Wildman–Crippen LogP) is 3.67. The normalized spacial score (nSPS) is 19.9. The van der Waals surface area contributed by atoms with Crippen molar-refractivity contribution in [3.8, 4) is 47.3 Å². The molecule has 16 nitrogen and oxygen atoms in total. The van der Waals surface area contributed by atoms with Gasteiger partial charge < -0.3 is 39.0 Å². The molecule has 0 saturated carbocycles. The molecule has 61 heavy (non-hydrogen) atoms. The minimum absolute atomic E-state index is 0.261. The molecule has 2 aromatic heterocycles. The van der Waals surface area contributed by atoms with E-state index in [-0.39, 0.29) is 30.5 Å². The SMILES string of the molecule is C#C[C@]1(O)CCN(C)C1=O.CCOC(=O)c1nn(-c2cccc(Br)c2)c2c1CCCO2.CCOC(=O)c1nn(-c2cccc(C#C[C@]3(O)CCN(C)C3=O)c2)c2c1CCCO2. The Bertz CT molecular complexity index is 2430. The highest BCUT2D eigenvalue weighted by Crippen LogP contribution is 2.33. The Kier molecular flexibility index (Phi) is 13.9. The number of aliphatic hydroxyl groups is 2. The molecule has 2 amide bonds. The number of rotatable bonds is 6. The van der Waals surface area contributed by atoms with Gasteiger partial charge >= 0.3 is 11.9 Å². The molecule has 2 fully saturated rings. The molecule has 4 aromatic rings. The standard InChI is InChI=1S/C22H23N3O5.C15H15BrN2O3.C7H9NO2/c1-3-29-20(26)18-17-8-5-13-30-19(17)25(23-18)16-7-4-6-15(14-16)9-10-22(28)11-12-24(2)21(22)27;1-2-20-15(19)13-12-7-4-8-21-14(12)18(17-13)11-6-3-5-10(16)9-11;1-3-7(10)4-5-8(2)6(7)9/h4,6-7,14,28H,3,5,8,11-13H2,1-2H3;3,5-6,9H,2,4,7-8H2,1H3;1,10H,4-5H2,2H3/t22-;;7-/m0.0/s1. The van der Waals surface area contributed by atoms with Gasteiger partial charge in [0.1, 0.15) is 0 Å². The first kappa shape index (κ1) is 44.4. The van der Waals surface area contributed by atoms with Crippen molar-refractivity contribution in [1.82, 2.24) is 29.4 Å². The van der Waals surface area contributed by atoms with Crippen molar-refractivity contribution in [1.29, 1.82) is 0 Å². The van der Waals surface area contributed by atoms with E-state index in [9.17, 15) is 29.4 Å². The number of nitrogens with zero attached hydrogens (tertiary/aromatic N) is 6. The number of terminal acetylenes is 1. The number of hydrogen-bond donors (Lipinski definition) is 2. The fourth-order valence-corrected chi connectivity index (χ4v) is 7.37. The number of esters is 2. The van der Waals surface area contributed by atoms with Gasteiger partial charge in [0.25, 0.3) is 11.8 Å². The van der Waals surface area contributed by atoms with Crippen LogP contribution in [-0.2, 0) is 31.9 Å². The lowest BCUT2D eigenvalue weighted by molar-refractivity contribution is -0.138. The van der Waals surface area contributed by atoms with Gasteiger partial charge in [0, 0.05) is 61.2 Å². The number of benzene rings is 2. The summed E-state index contributed by atoms with van der Waals surface area (Å²) in [6.07, 6.45) is 8.74. The summed E-state index contributed by atoms with van der Waals surface area (Å²) in [6.45, 7) is 6.32. The van der Waals surface area contributed by atoms with Crippen LogP contribution in [0.1, 0.15) is 77.2 Å². The van der Waals surface area contributed by atoms with Crippen molar-refractivity contribution in [2.45, 2.75) is 63.6 Å². The van der Waals surface area contributed by atoms with Crippen molar-refractivity contribution in [2.75, 3.05) is 53.6 Å². The van der Waals surface area contributed by atoms with E-state index in [0.717, 1.165) is 40.5 Å². The summed E-state index contributed by atoms with van der Waals surface area (Å²) in [4.78, 5) is 50.4. The van der Waals surface area contributed by atoms with Crippen LogP contribution >= 0.6 is 15.9 Å². The van der Waals surface area contributed by atoms with Gasteiger partial charge in [0.2, 0.25) is 23.0 Å². The highest BCUT2D eigenvalue weighted by Gasteiger charge is 2.43. The zero-order chi connectivity index (χ0) is 43.9. The molecule has 4 aliphatic heterocycles. The van der Waals surface area contributed by atoms with E-state index in [1.165, 1.54) is 9.80 Å². The Morgan fingerprint density at radius 3 is 1.74 bits per heavy atom. The average Bonchev–Trinajstić information content (AvgIpc) is 4.00. The second-order valence-corrected chi connectivity index (χ2v) is 15.4. The third-order valence-electron chi connectivity index (χ3n) is 10.2. The van der Waals surface area contributed by atoms with Gasteiger partial charge in [-0.2, -0.15) is 19.6 Å². The Labute approximate surface area is 361 Å². The fourth-order valence-electron chi connectivity index (χ4n) is 6.99. The Hall–Kier alpha value is -6.14. The first-order valence-corrected chi connectivity index (χ1v) is 20.7. The summed E-state index contributed by atoms with van der Waals surface area (Å²) in [5, 5.41) is 28.7. The first-order chi connectivity index (χ1) is 29.2. The van der Waals surface area contributed by atoms with E-state index in [2.05, 4.69) is 43.9 Å². The predicted molar refractivity (Wildman–Crippen MR) is 224 cm³/mol. The zero-order valence-electron chi connectivity index (χ0n) is 34.4. The number of likely N-dealkylation sites (N-methyl/N-ethyl adjacent to an activating group) is 2. The minimum atomic E-state index is -1.66. The van der Waals surface area contributed by atoms with Gasteiger partial charge in [0.05, 0.1) is 37.8 Å². The van der Waals surface area contributed by atoms with Crippen LogP contribution in [0.15, 0.2) is 53.0 Å². The number of aromatic nitrogens is 4. The van der Waals surface area contributed by atoms with Gasteiger partial charge in [-0.3, -0.25) is 9.59 Å². The van der Waals surface area contributed by atoms with Crippen molar-refractivity contribution < 1.29 is 48.3 Å². The summed E-state index contributed by atoms with van der Waals surface area (Å²) in [5.74, 6) is 7.24. The summed E-state index contributed by atoms with van der Waals surface area (Å²) >= 11 is 3.44. The summed E-state index contributed by atoms with van der Waals surface area (Å²) in [5.41, 5.74) is 1.13. The molecule has 17 heteroatoms. The van der Waals surface area contributed by atoms with Crippen LogP contribution in [0.5, 0.6) is 11.8 Å². The van der Waals surface area contributed by atoms with E-state index in [1.807, 2.05) is 30.3 Å². The second kappa shape index (κ2) is 19.1. The molecular formula is C44H47BrN6O10. The van der Waals surface area contributed by atoms with Gasteiger partial charge in [-0.15, -0.1) is 6.42 Å². The summed E-state index contributed by atoms with van der Waals surface area (Å²) in [7, 11) is 3.27. The van der Waals surface area contributed by atoms with Crippen LogP contribution in [0.4, 0.5) is 0 Å². The summed E-state index contributed by atoms with van der Waals surface area (Å²) in [6, 6.07) is 14.9. The lowest BCUT2D eigenvalue weighted by Crippen LogP contribution is -2.37. The van der Waals surface area contributed by atoms with E-state index in [4.69, 9.17) is 25.4 Å². The molecule has 2 saturated heterocycles. The van der Waals surface area contributed by atoms with Crippen molar-refractivity contribution >= 4 is 39.7 Å². The van der Waals surface area contributed by atoms with Gasteiger partial charge in [0.15, 0.2) is 11.4 Å². The molecule has 2 aromatic carbocycles. The van der Waals surface area contributed by atoms with Crippen LogP contribution in [0.3, 0.4) is 0 Å². The number of carbonyl (C=O) groups is 4. The maximum absolute atomic E-state index is 12.3. The Morgan fingerprint density at radius 1 is 0.803 bits per heavy atom. The van der Waals surface area contributed by atoms with Crippen LogP contribution < -0.4 is 9.47 Å². The quantitative estimate of drug-likeness (QED) is 0.212. The minimum Gasteiger partial charge on any atom is -0.477 e. The van der Waals surface area contributed by atoms with Crippen LogP contribution in [-0.4, -0.2) is 128 Å². The lowest BCUT2D eigenvalue weighted by Gasteiger charge is -2.15. The molecule has 6 heterocycles. The van der Waals surface area contributed by atoms with Crippen molar-refractivity contribution in [2.24, 2.45) is 0 Å². The maximum atomic E-state index is 12.3. The number of carbonyl (C=O) groups excluding carboxylic acids is 4. The fraction of sp³-hybridized carbons (Fsp3) is 0.409. The number of fused-ring (bicyclic) bond motifs is 2. The molecule has 0 bridgehead atoms. The number of ether oxygens (including phenoxy) is 4. The van der Waals surface area contributed by atoms with E-state index in [1.54, 1.807) is 55.5 Å². The zero-order valence-corrected chi connectivity index (χ0v) is 36.0. The highest BCUT2D eigenvalue weighted by atomic mass is 79.9. The van der Waals surface area contributed by atoms with Crippen LogP contribution in [0.25, 0.3) is 11.4 Å². The largest absolute Gasteiger partial charge is 0.477 e. The molecular weight excluding hydrogens is 852 g/mol. The van der Waals surface area contributed by atoms with Crippen LogP contribution in [0.2, 0.25) is 0 Å². The number of likely N-dealkylation sites (tertiary alicyclic amines) is 2. The smallest absolute Gasteiger partial charge is 0.359 e. The molecule has 320 valence electrons. The van der Waals surface area contributed by atoms with E-state index in [0.29, 0.717) is 74.5 Å². The topological polar surface area (TPSA) is 188 Å². The van der Waals surface area contributed by atoms with Gasteiger partial charge in [-0.05, 0) is 75.9 Å². The molecule has 0 radical (unpaired) electrons. The summed E-state index contributed by atoms with van der Waals surface area (Å²) < 4.78 is 26.0. The molecule has 4 aliphatic rings. The van der Waals surface area contributed by atoms with E-state index >= 15 is 0 Å². The number of hydrogen-bond acceptors (Lipinski definition) is 12. The second-order valence-electron chi connectivity index (χ2n) is 14.5. The monoisotopic (exact) mass is 898 g/mol. The first-order valence-electron chi connectivity index (χ1n) is 19.9. The van der Waals surface area contributed by atoms with Gasteiger partial charge in [-0.25, -0.2) is 9.59 Å². The molecule has 0 aliphatic carbocycles. The highest BCUT2D eigenvalue weighted by molar-refractivity contribution is 9.10.